The van der Waals surface area contributed by atoms with Crippen molar-refractivity contribution in [2.45, 2.75) is 52.5 Å². The molecule has 0 bridgehead atoms. The minimum Gasteiger partial charge on any atom is -0.494 e. The fraction of sp³-hybridized carbons (Fsp3) is 0.391. The van der Waals surface area contributed by atoms with E-state index in [2.05, 4.69) is 32.9 Å². The molecule has 0 aliphatic carbocycles. The Kier molecular flexibility index (Phi) is 5.73. The number of hydrogen-bond donors (Lipinski definition) is 0. The Balaban J connectivity index is 1.61. The minimum atomic E-state index is -0.606. The molecule has 0 spiro atoms. The molecule has 0 amide bonds. The Bertz CT molecular complexity index is 1070. The summed E-state index contributed by atoms with van der Waals surface area (Å²) in [4.78, 5) is 24.1. The Morgan fingerprint density at radius 1 is 1.00 bits per heavy atom. The molecule has 28 heavy (non-hydrogen) atoms. The van der Waals surface area contributed by atoms with E-state index in [9.17, 15) is 9.59 Å². The van der Waals surface area contributed by atoms with Crippen LogP contribution in [0.25, 0.3) is 10.9 Å². The monoisotopic (exact) mass is 381 g/mol. The van der Waals surface area contributed by atoms with Gasteiger partial charge in [-0.05, 0) is 54.5 Å². The number of aromatic nitrogens is 1. The molecule has 0 atom stereocenters. The Morgan fingerprint density at radius 3 is 2.39 bits per heavy atom. The number of aryl methyl sites for hydroxylation is 2. The molecule has 0 aliphatic heterocycles. The minimum absolute atomic E-state index is 0.122. The maximum absolute atomic E-state index is 12.2. The van der Waals surface area contributed by atoms with Crippen LogP contribution in [0.1, 0.15) is 44.7 Å². The number of benzene rings is 2. The zero-order chi connectivity index (χ0) is 20.3. The first kappa shape index (κ1) is 19.9. The number of fused-ring (bicyclic) bond motifs is 1. The van der Waals surface area contributed by atoms with Crippen molar-refractivity contribution in [1.82, 2.24) is 4.57 Å². The van der Waals surface area contributed by atoms with Crippen molar-refractivity contribution in [1.29, 1.82) is 0 Å². The quantitative estimate of drug-likeness (QED) is 0.593. The number of rotatable bonds is 6. The molecule has 3 aromatic rings. The van der Waals surface area contributed by atoms with Crippen LogP contribution in [0.15, 0.2) is 56.5 Å². The van der Waals surface area contributed by atoms with E-state index in [0.29, 0.717) is 24.1 Å². The summed E-state index contributed by atoms with van der Waals surface area (Å²) in [5, 5.41) is 0.440. The van der Waals surface area contributed by atoms with Gasteiger partial charge in [0.1, 0.15) is 5.75 Å². The average Bonchev–Trinajstić information content (AvgIpc) is 2.64. The van der Waals surface area contributed by atoms with Crippen LogP contribution >= 0.6 is 0 Å². The molecule has 0 saturated heterocycles. The molecule has 148 valence electrons. The molecule has 5 heteroatoms. The first-order valence-electron chi connectivity index (χ1n) is 9.64. The lowest BCUT2D eigenvalue weighted by atomic mass is 9.87. The van der Waals surface area contributed by atoms with E-state index >= 15 is 0 Å². The first-order chi connectivity index (χ1) is 13.3. The third-order valence-corrected chi connectivity index (χ3v) is 4.89. The van der Waals surface area contributed by atoms with Crippen LogP contribution in [0.4, 0.5) is 0 Å². The van der Waals surface area contributed by atoms with Gasteiger partial charge in [-0.1, -0.05) is 45.0 Å². The molecule has 0 fully saturated rings. The summed E-state index contributed by atoms with van der Waals surface area (Å²) >= 11 is 0. The van der Waals surface area contributed by atoms with E-state index in [-0.39, 0.29) is 5.41 Å². The summed E-state index contributed by atoms with van der Waals surface area (Å²) in [6.45, 7) is 9.49. The van der Waals surface area contributed by atoms with Gasteiger partial charge in [-0.3, -0.25) is 4.57 Å². The zero-order valence-corrected chi connectivity index (χ0v) is 17.0. The molecule has 0 saturated carbocycles. The fourth-order valence-corrected chi connectivity index (χ4v) is 3.28. The lowest BCUT2D eigenvalue weighted by Crippen LogP contribution is -2.25. The highest BCUT2D eigenvalue weighted by Gasteiger charge is 2.13. The second-order valence-electron chi connectivity index (χ2n) is 8.11. The largest absolute Gasteiger partial charge is 0.494 e. The number of unbranched alkanes of at least 4 members (excludes halogenated alkanes) is 1. The Morgan fingerprint density at radius 2 is 1.71 bits per heavy atom. The van der Waals surface area contributed by atoms with Crippen molar-refractivity contribution in [3.8, 4) is 5.75 Å². The maximum Gasteiger partial charge on any atom is 0.422 e. The summed E-state index contributed by atoms with van der Waals surface area (Å²) in [6.07, 6.45) is 1.54. The van der Waals surface area contributed by atoms with E-state index in [0.717, 1.165) is 24.2 Å². The number of ether oxygens (including phenoxy) is 1. The van der Waals surface area contributed by atoms with Crippen LogP contribution in [-0.4, -0.2) is 11.2 Å². The number of hydrogen-bond acceptors (Lipinski definition) is 4. The van der Waals surface area contributed by atoms with Gasteiger partial charge in [0.05, 0.1) is 17.5 Å². The predicted octanol–water partition coefficient (Wildman–Crippen LogP) is 4.42. The van der Waals surface area contributed by atoms with Gasteiger partial charge >= 0.3 is 11.4 Å². The predicted molar refractivity (Wildman–Crippen MR) is 111 cm³/mol. The molecule has 0 N–H and O–H groups in total. The molecule has 0 aliphatic rings. The first-order valence-corrected chi connectivity index (χ1v) is 9.64. The summed E-state index contributed by atoms with van der Waals surface area (Å²) in [7, 11) is 0. The smallest absolute Gasteiger partial charge is 0.422 e. The van der Waals surface area contributed by atoms with Gasteiger partial charge in [0.2, 0.25) is 0 Å². The Hall–Kier alpha value is -2.82. The molecule has 5 nitrogen and oxygen atoms in total. The molecular weight excluding hydrogens is 354 g/mol. The average molecular weight is 381 g/mol. The van der Waals surface area contributed by atoms with Crippen molar-refractivity contribution in [2.75, 3.05) is 6.61 Å². The van der Waals surface area contributed by atoms with Crippen LogP contribution in [0.5, 0.6) is 5.75 Å². The van der Waals surface area contributed by atoms with Crippen LogP contribution in [0, 0.1) is 6.92 Å². The van der Waals surface area contributed by atoms with Crippen LogP contribution in [-0.2, 0) is 12.0 Å². The van der Waals surface area contributed by atoms with Crippen molar-refractivity contribution >= 4 is 10.9 Å². The lowest BCUT2D eigenvalue weighted by molar-refractivity contribution is 0.300. The molecular formula is C23H27NO4. The van der Waals surface area contributed by atoms with Crippen LogP contribution in [0.3, 0.4) is 0 Å². The molecule has 1 heterocycles. The van der Waals surface area contributed by atoms with Crippen molar-refractivity contribution < 1.29 is 9.15 Å². The second kappa shape index (κ2) is 8.05. The van der Waals surface area contributed by atoms with Gasteiger partial charge in [0.15, 0.2) is 0 Å². The van der Waals surface area contributed by atoms with Crippen molar-refractivity contribution in [3.63, 3.8) is 0 Å². The molecule has 0 unspecified atom stereocenters. The van der Waals surface area contributed by atoms with E-state index in [1.807, 2.05) is 25.1 Å². The van der Waals surface area contributed by atoms with Gasteiger partial charge in [-0.25, -0.2) is 9.59 Å². The SMILES string of the molecule is Cc1cccc2c(=O)oc(=O)n(CCCCOc3ccc(C(C)(C)C)cc3)c12. The summed E-state index contributed by atoms with van der Waals surface area (Å²) < 4.78 is 12.2. The lowest BCUT2D eigenvalue weighted by Gasteiger charge is -2.19. The van der Waals surface area contributed by atoms with Gasteiger partial charge in [0, 0.05) is 6.54 Å². The standard InChI is InChI=1S/C23H27NO4/c1-16-8-7-9-19-20(16)24(22(26)28-21(19)25)14-5-6-15-27-18-12-10-17(11-13-18)23(2,3)4/h7-13H,5-6,14-15H2,1-4H3. The Labute approximate surface area is 164 Å². The summed E-state index contributed by atoms with van der Waals surface area (Å²) in [5.74, 6) is 0.239. The topological polar surface area (TPSA) is 61.4 Å². The third-order valence-electron chi connectivity index (χ3n) is 4.89. The second-order valence-corrected chi connectivity index (χ2v) is 8.11. The van der Waals surface area contributed by atoms with Gasteiger partial charge in [0.25, 0.3) is 0 Å². The summed E-state index contributed by atoms with van der Waals surface area (Å²) in [6, 6.07) is 13.5. The molecule has 2 aromatic carbocycles. The van der Waals surface area contributed by atoms with E-state index in [4.69, 9.17) is 9.15 Å². The number of nitrogens with zero attached hydrogens (tertiary/aromatic N) is 1. The fourth-order valence-electron chi connectivity index (χ4n) is 3.28. The van der Waals surface area contributed by atoms with E-state index < -0.39 is 11.4 Å². The molecule has 1 aromatic heterocycles. The highest BCUT2D eigenvalue weighted by molar-refractivity contribution is 5.80. The van der Waals surface area contributed by atoms with Gasteiger partial charge < -0.3 is 9.15 Å². The van der Waals surface area contributed by atoms with Crippen molar-refractivity contribution in [3.05, 3.63) is 74.6 Å². The molecule has 0 radical (unpaired) electrons. The highest BCUT2D eigenvalue weighted by Crippen LogP contribution is 2.24. The number of para-hydroxylation sites is 1. The van der Waals surface area contributed by atoms with Crippen LogP contribution < -0.4 is 16.1 Å². The zero-order valence-electron chi connectivity index (χ0n) is 17.0. The van der Waals surface area contributed by atoms with Crippen molar-refractivity contribution in [2.24, 2.45) is 0 Å². The third kappa shape index (κ3) is 4.35. The van der Waals surface area contributed by atoms with Gasteiger partial charge in [-0.15, -0.1) is 0 Å². The molecule has 3 rings (SSSR count). The van der Waals surface area contributed by atoms with Crippen LogP contribution in [0.2, 0.25) is 0 Å². The highest BCUT2D eigenvalue weighted by atomic mass is 16.5. The summed E-state index contributed by atoms with van der Waals surface area (Å²) in [5.41, 5.74) is 2.35. The van der Waals surface area contributed by atoms with Gasteiger partial charge in [-0.2, -0.15) is 0 Å². The normalized spacial score (nSPS) is 11.7. The van der Waals surface area contributed by atoms with E-state index in [1.165, 1.54) is 5.56 Å². The maximum atomic E-state index is 12.2. The van der Waals surface area contributed by atoms with E-state index in [1.54, 1.807) is 16.7 Å².